The molecule has 0 N–H and O–H groups in total. The van der Waals surface area contributed by atoms with Crippen molar-refractivity contribution in [3.8, 4) is 11.5 Å². The number of rotatable bonds is 10. The highest BCUT2D eigenvalue weighted by Gasteiger charge is 2.39. The fraction of sp³-hybridized carbons (Fsp3) is 0.423. The molecule has 1 atom stereocenters. The monoisotopic (exact) mass is 499 g/mol. The molecule has 0 unspecified atom stereocenters. The van der Waals surface area contributed by atoms with Crippen molar-refractivity contribution < 1.29 is 23.8 Å². The molecule has 1 aliphatic carbocycles. The van der Waals surface area contributed by atoms with Crippen LogP contribution in [0, 0.1) is 5.92 Å². The van der Waals surface area contributed by atoms with E-state index < -0.39 is 6.04 Å². The Hall–Kier alpha value is -3.10. The minimum atomic E-state index is -0.445. The quantitative estimate of drug-likeness (QED) is 0.495. The zero-order valence-corrected chi connectivity index (χ0v) is 21.0. The molecule has 0 saturated heterocycles. The summed E-state index contributed by atoms with van der Waals surface area (Å²) in [5, 5.41) is 6.72. The summed E-state index contributed by atoms with van der Waals surface area (Å²) in [7, 11) is 4.75. The molecule has 1 saturated carbocycles. The van der Waals surface area contributed by atoms with Crippen molar-refractivity contribution >= 4 is 29.1 Å². The van der Waals surface area contributed by atoms with E-state index in [1.807, 2.05) is 30.3 Å². The van der Waals surface area contributed by atoms with Crippen LogP contribution in [-0.4, -0.2) is 68.5 Å². The van der Waals surface area contributed by atoms with Crippen LogP contribution in [0.3, 0.4) is 0 Å². The van der Waals surface area contributed by atoms with Crippen molar-refractivity contribution in [2.45, 2.75) is 25.3 Å². The van der Waals surface area contributed by atoms with E-state index in [2.05, 4.69) is 0 Å². The lowest BCUT2D eigenvalue weighted by atomic mass is 9.97. The number of carbonyl (C=O) groups excluding carboxylic acids is 2. The summed E-state index contributed by atoms with van der Waals surface area (Å²) >= 11 is 6.46. The topological polar surface area (TPSA) is 80.7 Å². The zero-order chi connectivity index (χ0) is 24.9. The summed E-state index contributed by atoms with van der Waals surface area (Å²) in [4.78, 5) is 28.1. The summed E-state index contributed by atoms with van der Waals surface area (Å²) in [5.74, 6) is 0.960. The molecular weight excluding hydrogens is 470 g/mol. The summed E-state index contributed by atoms with van der Waals surface area (Å²) in [6.45, 7) is 0.618. The van der Waals surface area contributed by atoms with Crippen molar-refractivity contribution in [2.75, 3.05) is 41.0 Å². The molecule has 2 aromatic rings. The van der Waals surface area contributed by atoms with Gasteiger partial charge in [-0.25, -0.2) is 5.01 Å². The predicted octanol–water partition coefficient (Wildman–Crippen LogP) is 3.92. The molecule has 0 bridgehead atoms. The molecule has 0 aromatic heterocycles. The van der Waals surface area contributed by atoms with Crippen molar-refractivity contribution in [2.24, 2.45) is 11.0 Å². The fourth-order valence-electron chi connectivity index (χ4n) is 4.23. The minimum absolute atomic E-state index is 0.00491. The zero-order valence-electron chi connectivity index (χ0n) is 20.2. The van der Waals surface area contributed by atoms with Gasteiger partial charge in [0.2, 0.25) is 5.91 Å². The third kappa shape index (κ3) is 5.60. The van der Waals surface area contributed by atoms with E-state index in [1.54, 1.807) is 38.4 Å². The Bertz CT molecular complexity index is 1120. The molecule has 186 valence electrons. The second-order valence-corrected chi connectivity index (χ2v) is 9.03. The Kier molecular flexibility index (Phi) is 7.93. The highest BCUT2D eigenvalue weighted by molar-refractivity contribution is 6.34. The van der Waals surface area contributed by atoms with Crippen LogP contribution in [0.15, 0.2) is 47.6 Å². The lowest BCUT2D eigenvalue weighted by Crippen LogP contribution is -2.43. The number of ether oxygens (including phenoxy) is 3. The molecule has 1 fully saturated rings. The molecule has 1 aliphatic heterocycles. The highest BCUT2D eigenvalue weighted by Crippen LogP contribution is 2.40. The van der Waals surface area contributed by atoms with Crippen LogP contribution < -0.4 is 9.47 Å². The summed E-state index contributed by atoms with van der Waals surface area (Å²) in [5.41, 5.74) is 2.22. The first-order valence-electron chi connectivity index (χ1n) is 11.6. The van der Waals surface area contributed by atoms with Gasteiger partial charge in [-0.15, -0.1) is 0 Å². The van der Waals surface area contributed by atoms with E-state index in [0.717, 1.165) is 24.0 Å². The van der Waals surface area contributed by atoms with Gasteiger partial charge in [0.05, 0.1) is 32.6 Å². The van der Waals surface area contributed by atoms with Gasteiger partial charge >= 0.3 is 0 Å². The van der Waals surface area contributed by atoms with Crippen LogP contribution in [0.4, 0.5) is 0 Å². The maximum atomic E-state index is 13.6. The van der Waals surface area contributed by atoms with E-state index in [4.69, 9.17) is 30.9 Å². The van der Waals surface area contributed by atoms with Gasteiger partial charge in [0.1, 0.15) is 18.0 Å². The summed E-state index contributed by atoms with van der Waals surface area (Å²) < 4.78 is 16.2. The van der Waals surface area contributed by atoms with Crippen molar-refractivity contribution in [3.63, 3.8) is 0 Å². The Labute approximate surface area is 210 Å². The van der Waals surface area contributed by atoms with Crippen LogP contribution in [-0.2, 0) is 14.3 Å². The Balaban J connectivity index is 1.68. The number of benzene rings is 2. The van der Waals surface area contributed by atoms with Gasteiger partial charge < -0.3 is 19.1 Å². The number of amides is 2. The minimum Gasteiger partial charge on any atom is -0.497 e. The molecule has 2 amide bonds. The highest BCUT2D eigenvalue weighted by atomic mass is 35.5. The standard InChI is InChI=1S/C26H30ClN3O5/c1-33-13-12-29(26(32)17-8-9-17)16-25(31)30-23(20-14-18(34-2)10-11-24(20)35-3)15-22(28-30)19-6-4-5-7-21(19)27/h4-7,10-11,14,17,23H,8-9,12-13,15-16H2,1-3H3/t23-/m1/s1. The van der Waals surface area contributed by atoms with E-state index in [0.29, 0.717) is 41.8 Å². The first-order chi connectivity index (χ1) is 17.0. The van der Waals surface area contributed by atoms with Gasteiger partial charge in [-0.1, -0.05) is 29.8 Å². The van der Waals surface area contributed by atoms with Crippen LogP contribution in [0.25, 0.3) is 0 Å². The molecule has 8 nitrogen and oxygen atoms in total. The van der Waals surface area contributed by atoms with E-state index in [9.17, 15) is 9.59 Å². The molecular formula is C26H30ClN3O5. The number of hydrazone groups is 1. The fourth-order valence-corrected chi connectivity index (χ4v) is 4.48. The molecule has 4 rings (SSSR count). The maximum Gasteiger partial charge on any atom is 0.262 e. The van der Waals surface area contributed by atoms with E-state index >= 15 is 0 Å². The average Bonchev–Trinajstić information content (AvgIpc) is 3.64. The lowest BCUT2D eigenvalue weighted by molar-refractivity contribution is -0.142. The molecule has 0 radical (unpaired) electrons. The third-order valence-corrected chi connectivity index (χ3v) is 6.61. The smallest absolute Gasteiger partial charge is 0.262 e. The number of nitrogens with zero attached hydrogens (tertiary/aromatic N) is 3. The van der Waals surface area contributed by atoms with Crippen molar-refractivity contribution in [1.29, 1.82) is 0 Å². The number of methoxy groups -OCH3 is 3. The van der Waals surface area contributed by atoms with E-state index in [-0.39, 0.29) is 24.3 Å². The van der Waals surface area contributed by atoms with Gasteiger partial charge in [-0.3, -0.25) is 9.59 Å². The largest absolute Gasteiger partial charge is 0.497 e. The molecule has 0 spiro atoms. The number of hydrogen-bond acceptors (Lipinski definition) is 6. The number of halogens is 1. The van der Waals surface area contributed by atoms with Gasteiger partial charge in [-0.05, 0) is 37.1 Å². The predicted molar refractivity (Wildman–Crippen MR) is 133 cm³/mol. The van der Waals surface area contributed by atoms with Crippen molar-refractivity contribution in [3.05, 3.63) is 58.6 Å². The Morgan fingerprint density at radius 3 is 2.54 bits per heavy atom. The van der Waals surface area contributed by atoms with Crippen LogP contribution in [0.5, 0.6) is 11.5 Å². The molecule has 9 heteroatoms. The van der Waals surface area contributed by atoms with Crippen LogP contribution in [0.2, 0.25) is 5.02 Å². The third-order valence-electron chi connectivity index (χ3n) is 6.28. The molecule has 2 aromatic carbocycles. The second-order valence-electron chi connectivity index (χ2n) is 8.62. The van der Waals surface area contributed by atoms with Crippen molar-refractivity contribution in [1.82, 2.24) is 9.91 Å². The van der Waals surface area contributed by atoms with Gasteiger partial charge in [-0.2, -0.15) is 5.10 Å². The number of carbonyl (C=O) groups is 2. The van der Waals surface area contributed by atoms with E-state index in [1.165, 1.54) is 5.01 Å². The molecule has 1 heterocycles. The normalized spacial score (nSPS) is 17.2. The maximum absolute atomic E-state index is 13.6. The van der Waals surface area contributed by atoms with Gasteiger partial charge in [0.15, 0.2) is 0 Å². The van der Waals surface area contributed by atoms with Gasteiger partial charge in [0, 0.05) is 42.1 Å². The Morgan fingerprint density at radius 2 is 1.89 bits per heavy atom. The summed E-state index contributed by atoms with van der Waals surface area (Å²) in [6, 6.07) is 12.4. The first-order valence-corrected chi connectivity index (χ1v) is 12.0. The van der Waals surface area contributed by atoms with Crippen LogP contribution in [0.1, 0.15) is 36.4 Å². The average molecular weight is 500 g/mol. The Morgan fingerprint density at radius 1 is 1.11 bits per heavy atom. The van der Waals surface area contributed by atoms with Crippen LogP contribution >= 0.6 is 11.6 Å². The van der Waals surface area contributed by atoms with Gasteiger partial charge in [0.25, 0.3) is 5.91 Å². The SMILES string of the molecule is COCCN(CC(=O)N1N=C(c2ccccc2Cl)C[C@@H]1c1cc(OC)ccc1OC)C(=O)C1CC1. The first kappa shape index (κ1) is 25.0. The molecule has 2 aliphatic rings. The second kappa shape index (κ2) is 11.1. The summed E-state index contributed by atoms with van der Waals surface area (Å²) in [6.07, 6.45) is 2.16. The lowest BCUT2D eigenvalue weighted by Gasteiger charge is -2.27. The number of hydrogen-bond donors (Lipinski definition) is 0. The molecule has 35 heavy (non-hydrogen) atoms.